The summed E-state index contributed by atoms with van der Waals surface area (Å²) in [5, 5.41) is 2.29. The van der Waals surface area contributed by atoms with E-state index in [1.54, 1.807) is 13.0 Å². The first-order chi connectivity index (χ1) is 12.5. The summed E-state index contributed by atoms with van der Waals surface area (Å²) in [5.74, 6) is -0.923. The Kier molecular flexibility index (Phi) is 6.27. The molecule has 0 bridgehead atoms. The molecule has 0 atom stereocenters. The zero-order chi connectivity index (χ0) is 20.2. The minimum Gasteiger partial charge on any atom is -0.351 e. The highest BCUT2D eigenvalue weighted by Gasteiger charge is 2.34. The van der Waals surface area contributed by atoms with Gasteiger partial charge in [0.25, 0.3) is 5.91 Å². The fraction of sp³-hybridized carbons (Fsp3) is 0.278. The van der Waals surface area contributed by atoms with E-state index in [9.17, 15) is 26.4 Å². The average molecular weight is 400 g/mol. The third-order valence-corrected chi connectivity index (χ3v) is 5.43. The highest BCUT2D eigenvalue weighted by Crippen LogP contribution is 2.31. The lowest BCUT2D eigenvalue weighted by atomic mass is 10.1. The number of rotatable bonds is 6. The molecule has 27 heavy (non-hydrogen) atoms. The number of aryl methyl sites for hydroxylation is 2. The van der Waals surface area contributed by atoms with Crippen molar-refractivity contribution < 1.29 is 26.4 Å². The zero-order valence-corrected chi connectivity index (χ0v) is 15.5. The minimum absolute atomic E-state index is 0.0827. The van der Waals surface area contributed by atoms with Crippen molar-refractivity contribution in [3.8, 4) is 0 Å². The number of halogens is 3. The van der Waals surface area contributed by atoms with Gasteiger partial charge in [-0.25, -0.2) is 13.1 Å². The first kappa shape index (κ1) is 20.9. The smallest absolute Gasteiger partial charge is 0.351 e. The van der Waals surface area contributed by atoms with Gasteiger partial charge in [0.2, 0.25) is 10.0 Å². The van der Waals surface area contributed by atoms with E-state index in [1.807, 2.05) is 6.92 Å². The molecule has 2 N–H and O–H groups in total. The average Bonchev–Trinajstić information content (AvgIpc) is 2.60. The summed E-state index contributed by atoms with van der Waals surface area (Å²) in [6, 6.07) is 9.07. The second-order valence-corrected chi connectivity index (χ2v) is 7.71. The fourth-order valence-corrected chi connectivity index (χ4v) is 3.47. The van der Waals surface area contributed by atoms with Crippen molar-refractivity contribution in [2.24, 2.45) is 0 Å². The Balaban J connectivity index is 1.97. The van der Waals surface area contributed by atoms with Gasteiger partial charge in [-0.05, 0) is 49.2 Å². The van der Waals surface area contributed by atoms with Crippen LogP contribution >= 0.6 is 0 Å². The van der Waals surface area contributed by atoms with E-state index >= 15 is 0 Å². The normalized spacial score (nSPS) is 12.0. The van der Waals surface area contributed by atoms with Gasteiger partial charge in [-0.15, -0.1) is 0 Å². The Bertz CT molecular complexity index is 941. The molecule has 2 rings (SSSR count). The molecule has 5 nitrogen and oxygen atoms in total. The molecule has 0 spiro atoms. The zero-order valence-electron chi connectivity index (χ0n) is 14.7. The van der Waals surface area contributed by atoms with Crippen molar-refractivity contribution in [2.75, 3.05) is 13.1 Å². The monoisotopic (exact) mass is 400 g/mol. The van der Waals surface area contributed by atoms with E-state index in [1.165, 1.54) is 24.3 Å². The second kappa shape index (κ2) is 8.10. The van der Waals surface area contributed by atoms with E-state index in [-0.39, 0.29) is 18.0 Å². The van der Waals surface area contributed by atoms with Gasteiger partial charge in [0.1, 0.15) is 0 Å². The number of sulfonamides is 1. The number of amides is 1. The van der Waals surface area contributed by atoms with Gasteiger partial charge < -0.3 is 5.32 Å². The number of alkyl halides is 3. The molecule has 0 aliphatic carbocycles. The van der Waals surface area contributed by atoms with Crippen LogP contribution < -0.4 is 10.0 Å². The Labute approximate surface area is 155 Å². The Hall–Kier alpha value is -2.39. The van der Waals surface area contributed by atoms with Crippen LogP contribution in [0.1, 0.15) is 27.0 Å². The van der Waals surface area contributed by atoms with Crippen LogP contribution in [0.3, 0.4) is 0 Å². The lowest BCUT2D eigenvalue weighted by Gasteiger charge is -2.13. The molecule has 0 fully saturated rings. The molecular weight excluding hydrogens is 381 g/mol. The fourth-order valence-electron chi connectivity index (χ4n) is 2.35. The highest BCUT2D eigenvalue weighted by molar-refractivity contribution is 7.89. The van der Waals surface area contributed by atoms with Crippen LogP contribution in [0.4, 0.5) is 13.2 Å². The number of benzene rings is 2. The predicted molar refractivity (Wildman–Crippen MR) is 94.9 cm³/mol. The Morgan fingerprint density at radius 1 is 1.00 bits per heavy atom. The summed E-state index contributed by atoms with van der Waals surface area (Å²) < 4.78 is 65.5. The maximum Gasteiger partial charge on any atom is 0.417 e. The van der Waals surface area contributed by atoms with Crippen LogP contribution in [0.15, 0.2) is 47.4 Å². The summed E-state index contributed by atoms with van der Waals surface area (Å²) >= 11 is 0. The van der Waals surface area contributed by atoms with Gasteiger partial charge in [0.05, 0.1) is 16.0 Å². The molecular formula is C18H19F3N2O3S. The molecule has 1 amide bonds. The molecule has 0 heterocycles. The van der Waals surface area contributed by atoms with Crippen LogP contribution in [0.5, 0.6) is 0 Å². The molecule has 9 heteroatoms. The SMILES string of the molecule is Cc1ccc(S(=O)(=O)NCCNC(=O)c2ccccc2C(F)(F)F)cc1C. The van der Waals surface area contributed by atoms with Crippen molar-refractivity contribution >= 4 is 15.9 Å². The van der Waals surface area contributed by atoms with Crippen molar-refractivity contribution in [2.45, 2.75) is 24.9 Å². The largest absolute Gasteiger partial charge is 0.417 e. The molecule has 0 unspecified atom stereocenters. The van der Waals surface area contributed by atoms with Crippen LogP contribution in [0, 0.1) is 13.8 Å². The van der Waals surface area contributed by atoms with E-state index < -0.39 is 33.2 Å². The van der Waals surface area contributed by atoms with Gasteiger partial charge in [-0.3, -0.25) is 4.79 Å². The topological polar surface area (TPSA) is 75.3 Å². The van der Waals surface area contributed by atoms with Crippen LogP contribution in [-0.2, 0) is 16.2 Å². The maximum absolute atomic E-state index is 12.9. The summed E-state index contributed by atoms with van der Waals surface area (Å²) in [4.78, 5) is 12.1. The minimum atomic E-state index is -4.65. The summed E-state index contributed by atoms with van der Waals surface area (Å²) in [5.41, 5.74) is 0.208. The lowest BCUT2D eigenvalue weighted by Crippen LogP contribution is -2.35. The first-order valence-corrected chi connectivity index (χ1v) is 9.52. The van der Waals surface area contributed by atoms with Crippen LogP contribution in [-0.4, -0.2) is 27.4 Å². The third kappa shape index (κ3) is 5.30. The van der Waals surface area contributed by atoms with Gasteiger partial charge in [0, 0.05) is 13.1 Å². The van der Waals surface area contributed by atoms with E-state index in [2.05, 4.69) is 10.0 Å². The highest BCUT2D eigenvalue weighted by atomic mass is 32.2. The summed E-state index contributed by atoms with van der Waals surface area (Å²) in [7, 11) is -3.77. The van der Waals surface area contributed by atoms with Gasteiger partial charge in [-0.2, -0.15) is 13.2 Å². The summed E-state index contributed by atoms with van der Waals surface area (Å²) in [6.45, 7) is 3.32. The molecule has 0 aromatic heterocycles. The van der Waals surface area contributed by atoms with E-state index in [0.29, 0.717) is 0 Å². The van der Waals surface area contributed by atoms with Crippen molar-refractivity contribution in [3.05, 3.63) is 64.7 Å². The standard InChI is InChI=1S/C18H19F3N2O3S/c1-12-7-8-14(11-13(12)2)27(25,26)23-10-9-22-17(24)15-5-3-4-6-16(15)18(19,20)21/h3-8,11,23H,9-10H2,1-2H3,(H,22,24). The summed E-state index contributed by atoms with van der Waals surface area (Å²) in [6.07, 6.45) is -4.65. The van der Waals surface area contributed by atoms with Crippen molar-refractivity contribution in [3.63, 3.8) is 0 Å². The Morgan fingerprint density at radius 3 is 2.30 bits per heavy atom. The molecule has 0 aliphatic rings. The van der Waals surface area contributed by atoms with Crippen molar-refractivity contribution in [1.29, 1.82) is 0 Å². The number of hydrogen-bond acceptors (Lipinski definition) is 3. The van der Waals surface area contributed by atoms with Gasteiger partial charge in [0.15, 0.2) is 0 Å². The number of carbonyl (C=O) groups is 1. The number of hydrogen-bond donors (Lipinski definition) is 2. The van der Waals surface area contributed by atoms with Crippen LogP contribution in [0.25, 0.3) is 0 Å². The third-order valence-electron chi connectivity index (χ3n) is 3.97. The van der Waals surface area contributed by atoms with E-state index in [4.69, 9.17) is 0 Å². The molecule has 0 radical (unpaired) electrons. The van der Waals surface area contributed by atoms with Crippen LogP contribution in [0.2, 0.25) is 0 Å². The first-order valence-electron chi connectivity index (χ1n) is 8.04. The van der Waals surface area contributed by atoms with E-state index in [0.717, 1.165) is 23.3 Å². The molecule has 2 aromatic rings. The second-order valence-electron chi connectivity index (χ2n) is 5.94. The quantitative estimate of drug-likeness (QED) is 0.732. The van der Waals surface area contributed by atoms with Gasteiger partial charge in [-0.1, -0.05) is 18.2 Å². The lowest BCUT2D eigenvalue weighted by molar-refractivity contribution is -0.137. The number of carbonyl (C=O) groups excluding carboxylic acids is 1. The molecule has 0 saturated heterocycles. The van der Waals surface area contributed by atoms with Crippen molar-refractivity contribution in [1.82, 2.24) is 10.0 Å². The molecule has 146 valence electrons. The molecule has 0 aliphatic heterocycles. The molecule has 0 saturated carbocycles. The number of nitrogens with one attached hydrogen (secondary N) is 2. The van der Waals surface area contributed by atoms with Gasteiger partial charge >= 0.3 is 6.18 Å². The maximum atomic E-state index is 12.9. The predicted octanol–water partition coefficient (Wildman–Crippen LogP) is 3.03. The molecule has 2 aromatic carbocycles. The Morgan fingerprint density at radius 2 is 1.67 bits per heavy atom.